The van der Waals surface area contributed by atoms with E-state index in [2.05, 4.69) is 17.6 Å². The van der Waals surface area contributed by atoms with E-state index in [0.29, 0.717) is 12.5 Å². The van der Waals surface area contributed by atoms with Crippen molar-refractivity contribution in [3.05, 3.63) is 0 Å². The van der Waals surface area contributed by atoms with E-state index in [1.807, 2.05) is 6.92 Å². The largest absolute Gasteiger partial charge is 0.354 e. The number of hydrogen-bond donors (Lipinski definition) is 2. The minimum Gasteiger partial charge on any atom is -0.354 e. The quantitative estimate of drug-likeness (QED) is 0.710. The topological polar surface area (TPSA) is 58.2 Å². The Kier molecular flexibility index (Phi) is 4.73. The lowest BCUT2D eigenvalue weighted by molar-refractivity contribution is -0.123. The average molecular weight is 232 g/mol. The van der Waals surface area contributed by atoms with Crippen LogP contribution in [0.15, 0.2) is 0 Å². The number of hydrogen-bond acceptors (Lipinski definition) is 3. The third-order valence-electron chi connectivity index (χ3n) is 2.95. The second-order valence-corrected chi connectivity index (χ2v) is 6.05. The summed E-state index contributed by atoms with van der Waals surface area (Å²) in [6.07, 6.45) is 2.71. The maximum atomic E-state index is 11.7. The zero-order chi connectivity index (χ0) is 11.4. The lowest BCUT2D eigenvalue weighted by atomic mass is 10.0. The molecule has 0 aromatic carbocycles. The molecule has 0 aromatic rings. The van der Waals surface area contributed by atoms with Gasteiger partial charge < -0.3 is 10.6 Å². The second-order valence-electron chi connectivity index (χ2n) is 4.25. The highest BCUT2D eigenvalue weighted by Gasteiger charge is 2.29. The van der Waals surface area contributed by atoms with Crippen molar-refractivity contribution in [1.82, 2.24) is 10.6 Å². The molecule has 0 aliphatic carbocycles. The Bertz CT molecular complexity index is 258. The number of carbonyl (C=O) groups excluding carboxylic acids is 1. The highest BCUT2D eigenvalue weighted by atomic mass is 32.2. The molecule has 5 heteroatoms. The van der Waals surface area contributed by atoms with Gasteiger partial charge in [0.05, 0.1) is 6.04 Å². The number of carbonyl (C=O) groups is 1. The Morgan fingerprint density at radius 2 is 2.33 bits per heavy atom. The summed E-state index contributed by atoms with van der Waals surface area (Å²) in [5, 5.41) is 6.03. The Labute approximate surface area is 93.7 Å². The van der Waals surface area contributed by atoms with Crippen molar-refractivity contribution in [3.63, 3.8) is 0 Å². The molecule has 1 saturated heterocycles. The van der Waals surface area contributed by atoms with Crippen LogP contribution in [0, 0.1) is 5.92 Å². The molecule has 1 aliphatic rings. The van der Waals surface area contributed by atoms with Crippen LogP contribution in [0.4, 0.5) is 0 Å². The van der Waals surface area contributed by atoms with Gasteiger partial charge in [-0.3, -0.25) is 9.00 Å². The van der Waals surface area contributed by atoms with Gasteiger partial charge in [-0.1, -0.05) is 6.92 Å². The molecule has 0 saturated carbocycles. The molecule has 4 atom stereocenters. The molecular formula is C10H20N2O2S. The fourth-order valence-corrected chi connectivity index (χ4v) is 1.98. The van der Waals surface area contributed by atoms with Crippen molar-refractivity contribution < 1.29 is 9.00 Å². The maximum absolute atomic E-state index is 11.7. The molecule has 2 N–H and O–H groups in total. The van der Waals surface area contributed by atoms with E-state index < -0.39 is 10.8 Å². The van der Waals surface area contributed by atoms with Crippen LogP contribution in [0.2, 0.25) is 0 Å². The Balaban J connectivity index is 2.32. The monoisotopic (exact) mass is 232 g/mol. The summed E-state index contributed by atoms with van der Waals surface area (Å²) in [5.74, 6) is 0.435. The molecule has 4 unspecified atom stereocenters. The molecule has 1 aliphatic heterocycles. The van der Waals surface area contributed by atoms with E-state index in [4.69, 9.17) is 0 Å². The standard InChI is InChI=1S/C10H20N2O2S/c1-7-4-5-11-9(7)10(13)12-6-8(2)15(3)14/h7-9,11H,4-6H2,1-3H3,(H,12,13). The fourth-order valence-electron chi connectivity index (χ4n) is 1.66. The van der Waals surface area contributed by atoms with E-state index >= 15 is 0 Å². The molecule has 15 heavy (non-hydrogen) atoms. The van der Waals surface area contributed by atoms with Gasteiger partial charge >= 0.3 is 0 Å². The van der Waals surface area contributed by atoms with Crippen molar-refractivity contribution in [2.75, 3.05) is 19.3 Å². The zero-order valence-corrected chi connectivity index (χ0v) is 10.4. The highest BCUT2D eigenvalue weighted by molar-refractivity contribution is 7.84. The van der Waals surface area contributed by atoms with Gasteiger partial charge in [0.15, 0.2) is 0 Å². The van der Waals surface area contributed by atoms with Crippen LogP contribution in [0.3, 0.4) is 0 Å². The van der Waals surface area contributed by atoms with E-state index in [0.717, 1.165) is 13.0 Å². The number of rotatable bonds is 4. The summed E-state index contributed by atoms with van der Waals surface area (Å²) >= 11 is 0. The van der Waals surface area contributed by atoms with Gasteiger partial charge in [0.25, 0.3) is 0 Å². The predicted octanol–water partition coefficient (Wildman–Crippen LogP) is -0.132. The number of nitrogens with one attached hydrogen (secondary N) is 2. The van der Waals surface area contributed by atoms with E-state index in [1.54, 1.807) is 6.26 Å². The molecule has 1 fully saturated rings. The summed E-state index contributed by atoms with van der Waals surface area (Å²) in [5.41, 5.74) is 0. The first-order valence-corrected chi connectivity index (χ1v) is 6.97. The van der Waals surface area contributed by atoms with Gasteiger partial charge in [-0.25, -0.2) is 0 Å². The van der Waals surface area contributed by atoms with Crippen LogP contribution in [0.1, 0.15) is 20.3 Å². The first-order valence-electron chi connectivity index (χ1n) is 5.35. The van der Waals surface area contributed by atoms with Crippen LogP contribution < -0.4 is 10.6 Å². The molecule has 0 spiro atoms. The summed E-state index contributed by atoms with van der Waals surface area (Å²) in [6, 6.07) is -0.0671. The number of amides is 1. The highest BCUT2D eigenvalue weighted by Crippen LogP contribution is 2.14. The van der Waals surface area contributed by atoms with Gasteiger partial charge in [-0.05, 0) is 25.8 Å². The first-order chi connectivity index (χ1) is 7.02. The lowest BCUT2D eigenvalue weighted by Crippen LogP contribution is -2.45. The van der Waals surface area contributed by atoms with Gasteiger partial charge in [0, 0.05) is 28.9 Å². The summed E-state index contributed by atoms with van der Waals surface area (Å²) < 4.78 is 11.1. The van der Waals surface area contributed by atoms with Gasteiger partial charge in [-0.15, -0.1) is 0 Å². The van der Waals surface area contributed by atoms with Crippen molar-refractivity contribution in [1.29, 1.82) is 0 Å². The SMILES string of the molecule is CC1CCNC1C(=O)NCC(C)S(C)=O. The Hall–Kier alpha value is -0.420. The fraction of sp³-hybridized carbons (Fsp3) is 0.900. The van der Waals surface area contributed by atoms with Gasteiger partial charge in [0.1, 0.15) is 0 Å². The summed E-state index contributed by atoms with van der Waals surface area (Å²) in [6.45, 7) is 5.36. The third kappa shape index (κ3) is 3.57. The van der Waals surface area contributed by atoms with Crippen LogP contribution in [0.25, 0.3) is 0 Å². The van der Waals surface area contributed by atoms with Crippen molar-refractivity contribution in [3.8, 4) is 0 Å². The van der Waals surface area contributed by atoms with E-state index in [-0.39, 0.29) is 17.2 Å². The molecule has 1 amide bonds. The zero-order valence-electron chi connectivity index (χ0n) is 9.58. The molecule has 1 heterocycles. The minimum absolute atomic E-state index is 0.0191. The molecular weight excluding hydrogens is 212 g/mol. The molecule has 4 nitrogen and oxygen atoms in total. The normalized spacial score (nSPS) is 29.8. The van der Waals surface area contributed by atoms with Crippen LogP contribution in [-0.4, -0.2) is 40.8 Å². The summed E-state index contributed by atoms with van der Waals surface area (Å²) in [7, 11) is -0.872. The van der Waals surface area contributed by atoms with Crippen LogP contribution in [-0.2, 0) is 15.6 Å². The van der Waals surface area contributed by atoms with Crippen molar-refractivity contribution in [2.45, 2.75) is 31.6 Å². The molecule has 0 aromatic heterocycles. The molecule has 0 radical (unpaired) electrons. The molecule has 0 bridgehead atoms. The van der Waals surface area contributed by atoms with Gasteiger partial charge in [0.2, 0.25) is 5.91 Å². The predicted molar refractivity (Wildman–Crippen MR) is 62.1 cm³/mol. The third-order valence-corrected chi connectivity index (χ3v) is 4.25. The van der Waals surface area contributed by atoms with Crippen LogP contribution in [0.5, 0.6) is 0 Å². The summed E-state index contributed by atoms with van der Waals surface area (Å²) in [4.78, 5) is 11.7. The molecule has 1 rings (SSSR count). The minimum atomic E-state index is -0.872. The maximum Gasteiger partial charge on any atom is 0.237 e. The van der Waals surface area contributed by atoms with Crippen molar-refractivity contribution in [2.24, 2.45) is 5.92 Å². The average Bonchev–Trinajstić information content (AvgIpc) is 2.60. The Morgan fingerprint density at radius 1 is 1.67 bits per heavy atom. The first kappa shape index (κ1) is 12.6. The molecule has 88 valence electrons. The van der Waals surface area contributed by atoms with E-state index in [1.165, 1.54) is 0 Å². The van der Waals surface area contributed by atoms with Gasteiger partial charge in [-0.2, -0.15) is 0 Å². The van der Waals surface area contributed by atoms with Crippen LogP contribution >= 0.6 is 0 Å². The van der Waals surface area contributed by atoms with Crippen molar-refractivity contribution >= 4 is 16.7 Å². The Morgan fingerprint density at radius 3 is 2.80 bits per heavy atom. The second kappa shape index (κ2) is 5.61. The lowest BCUT2D eigenvalue weighted by Gasteiger charge is -2.17. The smallest absolute Gasteiger partial charge is 0.237 e. The van der Waals surface area contributed by atoms with E-state index in [9.17, 15) is 9.00 Å².